The van der Waals surface area contributed by atoms with Gasteiger partial charge in [0.2, 0.25) is 11.8 Å². The summed E-state index contributed by atoms with van der Waals surface area (Å²) in [5, 5.41) is 0. The molecule has 4 rings (SSSR count). The number of carbonyl (C=O) groups is 2. The first kappa shape index (κ1) is 15.9. The van der Waals surface area contributed by atoms with Gasteiger partial charge in [-0.3, -0.25) is 9.59 Å². The van der Waals surface area contributed by atoms with E-state index in [9.17, 15) is 9.59 Å². The van der Waals surface area contributed by atoms with Crippen molar-refractivity contribution in [2.24, 2.45) is 0 Å². The molecule has 25 heavy (non-hydrogen) atoms. The molecule has 1 fully saturated rings. The molecule has 0 aromatic heterocycles. The molecule has 0 saturated carbocycles. The molecule has 1 atom stereocenters. The number of hydrogen-bond acceptors (Lipinski definition) is 2. The van der Waals surface area contributed by atoms with Gasteiger partial charge in [-0.15, -0.1) is 0 Å². The van der Waals surface area contributed by atoms with Crippen LogP contribution in [0.3, 0.4) is 0 Å². The highest BCUT2D eigenvalue weighted by Gasteiger charge is 2.53. The van der Waals surface area contributed by atoms with Gasteiger partial charge < -0.3 is 9.80 Å². The maximum absolute atomic E-state index is 12.9. The summed E-state index contributed by atoms with van der Waals surface area (Å²) in [4.78, 5) is 29.3. The average Bonchev–Trinajstić information content (AvgIpc) is 3.16. The Morgan fingerprint density at radius 1 is 1.12 bits per heavy atom. The molecule has 1 spiro atoms. The monoisotopic (exact) mass is 334 g/mol. The first-order chi connectivity index (χ1) is 12.0. The van der Waals surface area contributed by atoms with E-state index in [1.807, 2.05) is 67.4 Å². The van der Waals surface area contributed by atoms with Crippen LogP contribution >= 0.6 is 0 Å². The van der Waals surface area contributed by atoms with E-state index in [2.05, 4.69) is 0 Å². The number of para-hydroxylation sites is 1. The van der Waals surface area contributed by atoms with Crippen molar-refractivity contribution in [3.8, 4) is 0 Å². The summed E-state index contributed by atoms with van der Waals surface area (Å²) < 4.78 is 0. The summed E-state index contributed by atoms with van der Waals surface area (Å²) in [7, 11) is 1.83. The predicted molar refractivity (Wildman–Crippen MR) is 97.6 cm³/mol. The van der Waals surface area contributed by atoms with Crippen molar-refractivity contribution in [2.45, 2.75) is 25.2 Å². The number of anilines is 1. The molecule has 2 aliphatic heterocycles. The smallest absolute Gasteiger partial charge is 0.239 e. The Morgan fingerprint density at radius 3 is 2.60 bits per heavy atom. The minimum Gasteiger partial charge on any atom is -0.341 e. The maximum atomic E-state index is 12.9. The van der Waals surface area contributed by atoms with Crippen LogP contribution in [0.25, 0.3) is 0 Å². The lowest BCUT2D eigenvalue weighted by Crippen LogP contribution is -2.42. The zero-order chi connectivity index (χ0) is 17.6. The highest BCUT2D eigenvalue weighted by atomic mass is 16.2. The summed E-state index contributed by atoms with van der Waals surface area (Å²) in [6, 6.07) is 16.0. The maximum Gasteiger partial charge on any atom is 0.239 e. The van der Waals surface area contributed by atoms with Gasteiger partial charge in [-0.25, -0.2) is 0 Å². The highest BCUT2D eigenvalue weighted by Crippen LogP contribution is 2.46. The van der Waals surface area contributed by atoms with Crippen molar-refractivity contribution in [2.75, 3.05) is 25.0 Å². The van der Waals surface area contributed by atoms with E-state index in [4.69, 9.17) is 0 Å². The zero-order valence-corrected chi connectivity index (χ0v) is 14.7. The molecular weight excluding hydrogens is 312 g/mol. The summed E-state index contributed by atoms with van der Waals surface area (Å²) in [5.41, 5.74) is 3.68. The Kier molecular flexibility index (Phi) is 3.64. The molecule has 2 heterocycles. The SMILES string of the molecule is Cc1ccc(CC(=O)N2CC[C@]3(C2)C(=O)N(C)c2ccccc23)cc1. The van der Waals surface area contributed by atoms with Crippen molar-refractivity contribution in [3.05, 3.63) is 65.2 Å². The molecular formula is C21H22N2O2. The Balaban J connectivity index is 1.56. The molecule has 0 unspecified atom stereocenters. The number of rotatable bonds is 2. The van der Waals surface area contributed by atoms with E-state index in [0.717, 1.165) is 16.8 Å². The molecule has 4 heteroatoms. The fourth-order valence-electron chi connectivity index (χ4n) is 4.13. The largest absolute Gasteiger partial charge is 0.341 e. The Bertz CT molecular complexity index is 843. The molecule has 0 aliphatic carbocycles. The highest BCUT2D eigenvalue weighted by molar-refractivity contribution is 6.08. The van der Waals surface area contributed by atoms with E-state index >= 15 is 0 Å². The van der Waals surface area contributed by atoms with Gasteiger partial charge in [0.05, 0.1) is 11.8 Å². The summed E-state index contributed by atoms with van der Waals surface area (Å²) in [6.45, 7) is 3.16. The third-order valence-corrected chi connectivity index (χ3v) is 5.59. The second-order valence-corrected chi connectivity index (χ2v) is 7.19. The van der Waals surface area contributed by atoms with E-state index in [1.54, 1.807) is 4.90 Å². The molecule has 2 aromatic carbocycles. The van der Waals surface area contributed by atoms with Crippen LogP contribution in [-0.2, 0) is 21.4 Å². The van der Waals surface area contributed by atoms with Crippen LogP contribution in [0, 0.1) is 6.92 Å². The molecule has 128 valence electrons. The lowest BCUT2D eigenvalue weighted by atomic mass is 9.81. The fourth-order valence-corrected chi connectivity index (χ4v) is 4.13. The quantitative estimate of drug-likeness (QED) is 0.847. The Hall–Kier alpha value is -2.62. The summed E-state index contributed by atoms with van der Waals surface area (Å²) in [5.74, 6) is 0.208. The molecule has 4 nitrogen and oxygen atoms in total. The van der Waals surface area contributed by atoms with Crippen molar-refractivity contribution < 1.29 is 9.59 Å². The fraction of sp³-hybridized carbons (Fsp3) is 0.333. The molecule has 0 bridgehead atoms. The van der Waals surface area contributed by atoms with Crippen molar-refractivity contribution >= 4 is 17.5 Å². The Labute approximate surface area is 148 Å². The second-order valence-electron chi connectivity index (χ2n) is 7.19. The van der Waals surface area contributed by atoms with E-state index in [-0.39, 0.29) is 11.8 Å². The minimum atomic E-state index is -0.561. The van der Waals surface area contributed by atoms with E-state index in [1.165, 1.54) is 5.56 Å². The standard InChI is InChI=1S/C21H22N2O2/c1-15-7-9-16(10-8-15)13-19(24)23-12-11-21(14-23)17-5-3-4-6-18(17)22(2)20(21)25/h3-10H,11-14H2,1-2H3/t21-/m1/s1. The van der Waals surface area contributed by atoms with Gasteiger partial charge in [0.25, 0.3) is 0 Å². The lowest BCUT2D eigenvalue weighted by molar-refractivity contribution is -0.130. The number of likely N-dealkylation sites (tertiary alicyclic amines) is 1. The van der Waals surface area contributed by atoms with Gasteiger partial charge in [-0.1, -0.05) is 48.0 Å². The summed E-state index contributed by atoms with van der Waals surface area (Å²) >= 11 is 0. The van der Waals surface area contributed by atoms with Crippen molar-refractivity contribution in [1.82, 2.24) is 4.90 Å². The number of benzene rings is 2. The van der Waals surface area contributed by atoms with Gasteiger partial charge in [-0.2, -0.15) is 0 Å². The van der Waals surface area contributed by atoms with Gasteiger partial charge in [0.1, 0.15) is 0 Å². The number of nitrogens with zero attached hydrogens (tertiary/aromatic N) is 2. The normalized spacial score (nSPS) is 21.9. The predicted octanol–water partition coefficient (Wildman–Crippen LogP) is 2.68. The zero-order valence-electron chi connectivity index (χ0n) is 14.7. The molecule has 2 amide bonds. The van der Waals surface area contributed by atoms with Crippen LogP contribution in [0.1, 0.15) is 23.1 Å². The van der Waals surface area contributed by atoms with Gasteiger partial charge in [0.15, 0.2) is 0 Å². The topological polar surface area (TPSA) is 40.6 Å². The first-order valence-electron chi connectivity index (χ1n) is 8.72. The number of aryl methyl sites for hydroxylation is 1. The van der Waals surface area contributed by atoms with E-state index < -0.39 is 5.41 Å². The number of amides is 2. The number of fused-ring (bicyclic) bond motifs is 2. The van der Waals surface area contributed by atoms with Crippen molar-refractivity contribution in [1.29, 1.82) is 0 Å². The summed E-state index contributed by atoms with van der Waals surface area (Å²) in [6.07, 6.45) is 1.09. The van der Waals surface area contributed by atoms with Crippen LogP contribution in [0.2, 0.25) is 0 Å². The molecule has 2 aliphatic rings. The van der Waals surface area contributed by atoms with Gasteiger partial charge in [-0.05, 0) is 30.5 Å². The molecule has 1 saturated heterocycles. The average molecular weight is 334 g/mol. The number of carbonyl (C=O) groups excluding carboxylic acids is 2. The van der Waals surface area contributed by atoms with Crippen LogP contribution < -0.4 is 4.90 Å². The van der Waals surface area contributed by atoms with Crippen molar-refractivity contribution in [3.63, 3.8) is 0 Å². The number of likely N-dealkylation sites (N-methyl/N-ethyl adjacent to an activating group) is 1. The van der Waals surface area contributed by atoms with Crippen LogP contribution in [0.4, 0.5) is 5.69 Å². The second kappa shape index (κ2) is 5.73. The molecule has 2 aromatic rings. The van der Waals surface area contributed by atoms with E-state index in [0.29, 0.717) is 25.9 Å². The van der Waals surface area contributed by atoms with Crippen LogP contribution in [0.5, 0.6) is 0 Å². The molecule has 0 radical (unpaired) electrons. The molecule has 0 N–H and O–H groups in total. The van der Waals surface area contributed by atoms with Gasteiger partial charge in [0, 0.05) is 25.8 Å². The third kappa shape index (κ3) is 2.44. The lowest BCUT2D eigenvalue weighted by Gasteiger charge is -2.23. The first-order valence-corrected chi connectivity index (χ1v) is 8.72. The third-order valence-electron chi connectivity index (χ3n) is 5.59. The van der Waals surface area contributed by atoms with Gasteiger partial charge >= 0.3 is 0 Å². The van der Waals surface area contributed by atoms with Crippen LogP contribution in [0.15, 0.2) is 48.5 Å². The minimum absolute atomic E-state index is 0.0977. The Morgan fingerprint density at radius 2 is 1.84 bits per heavy atom. The van der Waals surface area contributed by atoms with Crippen LogP contribution in [-0.4, -0.2) is 36.9 Å². The number of hydrogen-bond donors (Lipinski definition) is 0.